The number of hydrogen-bond acceptors (Lipinski definition) is 2. The van der Waals surface area contributed by atoms with Crippen LogP contribution in [0.25, 0.3) is 0 Å². The third-order valence-corrected chi connectivity index (χ3v) is 5.78. The summed E-state index contributed by atoms with van der Waals surface area (Å²) in [6.07, 6.45) is 2.42. The number of halogens is 2. The third kappa shape index (κ3) is 3.74. The molecule has 0 saturated heterocycles. The first-order chi connectivity index (χ1) is 9.49. The summed E-state index contributed by atoms with van der Waals surface area (Å²) in [5.74, 6) is 0.523. The van der Waals surface area contributed by atoms with E-state index in [1.807, 2.05) is 6.07 Å². The van der Waals surface area contributed by atoms with E-state index in [0.29, 0.717) is 28.8 Å². The molecule has 110 valence electrons. The monoisotopic (exact) mass is 333 g/mol. The van der Waals surface area contributed by atoms with Gasteiger partial charge in [0.05, 0.1) is 5.25 Å². The van der Waals surface area contributed by atoms with Crippen LogP contribution < -0.4 is 5.32 Å². The molecular formula is C14H17Cl2NO2S. The maximum Gasteiger partial charge on any atom is 0.216 e. The van der Waals surface area contributed by atoms with Crippen LogP contribution in [0.15, 0.2) is 12.1 Å². The molecule has 0 aromatic heterocycles. The minimum absolute atomic E-state index is 0.0125. The lowest BCUT2D eigenvalue weighted by atomic mass is 10.1. The second-order valence-corrected chi connectivity index (χ2v) is 7.49. The standard InChI is InChI=1S/C14H17Cl2NO2S/c1-9(18)17-5-2-6-20(19)14-4-3-11-12(14)7-10(15)8-13(11)16/h7-8,14H,2-6H2,1H3,(H,17,18)/t14-,20-/m1/s1. The Morgan fingerprint density at radius 3 is 2.90 bits per heavy atom. The molecular weight excluding hydrogens is 317 g/mol. The zero-order chi connectivity index (χ0) is 14.7. The first kappa shape index (κ1) is 15.8. The van der Waals surface area contributed by atoms with Crippen LogP contribution in [-0.4, -0.2) is 22.4 Å². The molecule has 0 heterocycles. The van der Waals surface area contributed by atoms with Gasteiger partial charge in [0.2, 0.25) is 5.91 Å². The highest BCUT2D eigenvalue weighted by Gasteiger charge is 2.29. The van der Waals surface area contributed by atoms with Crippen LogP contribution in [0.5, 0.6) is 0 Å². The van der Waals surface area contributed by atoms with E-state index in [1.54, 1.807) is 6.07 Å². The van der Waals surface area contributed by atoms with Crippen molar-refractivity contribution >= 4 is 39.9 Å². The van der Waals surface area contributed by atoms with Crippen LogP contribution in [0.1, 0.15) is 36.1 Å². The summed E-state index contributed by atoms with van der Waals surface area (Å²) < 4.78 is 12.4. The molecule has 20 heavy (non-hydrogen) atoms. The van der Waals surface area contributed by atoms with Crippen molar-refractivity contribution in [3.8, 4) is 0 Å². The quantitative estimate of drug-likeness (QED) is 0.840. The molecule has 1 aromatic rings. The Kier molecular flexibility index (Phi) is 5.47. The van der Waals surface area contributed by atoms with Crippen LogP contribution in [-0.2, 0) is 22.0 Å². The van der Waals surface area contributed by atoms with E-state index in [-0.39, 0.29) is 11.2 Å². The highest BCUT2D eigenvalue weighted by Crippen LogP contribution is 2.41. The lowest BCUT2D eigenvalue weighted by molar-refractivity contribution is -0.118. The van der Waals surface area contributed by atoms with Crippen molar-refractivity contribution in [1.82, 2.24) is 5.32 Å². The van der Waals surface area contributed by atoms with Crippen molar-refractivity contribution in [2.45, 2.75) is 31.4 Å². The zero-order valence-corrected chi connectivity index (χ0v) is 13.6. The average Bonchev–Trinajstić information content (AvgIpc) is 2.78. The Hall–Kier alpha value is -0.580. The number of benzene rings is 1. The molecule has 1 aliphatic rings. The summed E-state index contributed by atoms with van der Waals surface area (Å²) in [7, 11) is -0.957. The summed E-state index contributed by atoms with van der Waals surface area (Å²) in [5.41, 5.74) is 2.11. The van der Waals surface area contributed by atoms with Crippen LogP contribution in [0, 0.1) is 0 Å². The number of rotatable bonds is 5. The summed E-state index contributed by atoms with van der Waals surface area (Å²) in [5, 5.41) is 3.99. The maximum atomic E-state index is 12.4. The van der Waals surface area contributed by atoms with E-state index in [2.05, 4.69) is 5.32 Å². The van der Waals surface area contributed by atoms with Crippen molar-refractivity contribution < 1.29 is 9.00 Å². The zero-order valence-electron chi connectivity index (χ0n) is 11.2. The van der Waals surface area contributed by atoms with Gasteiger partial charge >= 0.3 is 0 Å². The van der Waals surface area contributed by atoms with Gasteiger partial charge in [-0.3, -0.25) is 9.00 Å². The highest BCUT2D eigenvalue weighted by atomic mass is 35.5. The largest absolute Gasteiger partial charge is 0.356 e. The first-order valence-electron chi connectivity index (χ1n) is 6.58. The number of amides is 1. The van der Waals surface area contributed by atoms with Gasteiger partial charge in [0.15, 0.2) is 0 Å². The Morgan fingerprint density at radius 2 is 2.20 bits per heavy atom. The van der Waals surface area contributed by atoms with Crippen molar-refractivity contribution in [3.63, 3.8) is 0 Å². The van der Waals surface area contributed by atoms with Crippen molar-refractivity contribution in [2.24, 2.45) is 0 Å². The summed E-state index contributed by atoms with van der Waals surface area (Å²) in [6.45, 7) is 2.05. The second kappa shape index (κ2) is 6.92. The van der Waals surface area contributed by atoms with Crippen LogP contribution in [0.3, 0.4) is 0 Å². The number of nitrogens with one attached hydrogen (secondary N) is 1. The molecule has 0 saturated carbocycles. The topological polar surface area (TPSA) is 46.2 Å². The molecule has 0 spiro atoms. The second-order valence-electron chi connectivity index (χ2n) is 4.90. The molecule has 2 atom stereocenters. The summed E-state index contributed by atoms with van der Waals surface area (Å²) in [6, 6.07) is 3.62. The molecule has 0 bridgehead atoms. The molecule has 6 heteroatoms. The Morgan fingerprint density at radius 1 is 1.45 bits per heavy atom. The molecule has 0 unspecified atom stereocenters. The first-order valence-corrected chi connectivity index (χ1v) is 8.72. The number of fused-ring (bicyclic) bond motifs is 1. The number of carbonyl (C=O) groups excluding carboxylic acids is 1. The predicted octanol–water partition coefficient (Wildman–Crippen LogP) is 3.26. The van der Waals surface area contributed by atoms with Gasteiger partial charge in [0, 0.05) is 40.1 Å². The number of carbonyl (C=O) groups is 1. The van der Waals surface area contributed by atoms with Gasteiger partial charge in [0.1, 0.15) is 0 Å². The normalized spacial score (nSPS) is 18.6. The molecule has 1 aromatic carbocycles. The third-order valence-electron chi connectivity index (χ3n) is 3.41. The maximum absolute atomic E-state index is 12.4. The van der Waals surface area contributed by atoms with Gasteiger partial charge in [-0.1, -0.05) is 23.2 Å². The van der Waals surface area contributed by atoms with Crippen molar-refractivity contribution in [3.05, 3.63) is 33.3 Å². The fourth-order valence-corrected chi connectivity index (χ4v) is 4.69. The number of hydrogen-bond donors (Lipinski definition) is 1. The fraction of sp³-hybridized carbons (Fsp3) is 0.500. The fourth-order valence-electron chi connectivity index (χ4n) is 2.50. The minimum Gasteiger partial charge on any atom is -0.356 e. The predicted molar refractivity (Wildman–Crippen MR) is 83.8 cm³/mol. The highest BCUT2D eigenvalue weighted by molar-refractivity contribution is 7.85. The van der Waals surface area contributed by atoms with Gasteiger partial charge in [0.25, 0.3) is 0 Å². The Labute approximate surface area is 131 Å². The lowest BCUT2D eigenvalue weighted by Gasteiger charge is -2.12. The van der Waals surface area contributed by atoms with Crippen molar-refractivity contribution in [1.29, 1.82) is 0 Å². The van der Waals surface area contributed by atoms with E-state index in [4.69, 9.17) is 23.2 Å². The van der Waals surface area contributed by atoms with E-state index in [0.717, 1.165) is 24.0 Å². The van der Waals surface area contributed by atoms with E-state index >= 15 is 0 Å². The molecule has 0 fully saturated rings. The molecule has 3 nitrogen and oxygen atoms in total. The van der Waals surface area contributed by atoms with Crippen LogP contribution in [0.4, 0.5) is 0 Å². The van der Waals surface area contributed by atoms with Crippen molar-refractivity contribution in [2.75, 3.05) is 12.3 Å². The molecule has 2 rings (SSSR count). The smallest absolute Gasteiger partial charge is 0.216 e. The lowest BCUT2D eigenvalue weighted by Crippen LogP contribution is -2.22. The van der Waals surface area contributed by atoms with Gasteiger partial charge in [-0.25, -0.2) is 0 Å². The van der Waals surface area contributed by atoms with Gasteiger partial charge < -0.3 is 5.32 Å². The van der Waals surface area contributed by atoms with Crippen LogP contribution in [0.2, 0.25) is 10.0 Å². The minimum atomic E-state index is -0.957. The van der Waals surface area contributed by atoms with Crippen LogP contribution >= 0.6 is 23.2 Å². The molecule has 0 aliphatic heterocycles. The molecule has 1 aliphatic carbocycles. The molecule has 1 N–H and O–H groups in total. The van der Waals surface area contributed by atoms with Gasteiger partial charge in [-0.05, 0) is 42.5 Å². The molecule has 1 amide bonds. The Bertz CT molecular complexity index is 548. The average molecular weight is 334 g/mol. The Balaban J connectivity index is 1.99. The molecule has 0 radical (unpaired) electrons. The summed E-state index contributed by atoms with van der Waals surface area (Å²) in [4.78, 5) is 10.8. The van der Waals surface area contributed by atoms with E-state index in [9.17, 15) is 9.00 Å². The van der Waals surface area contributed by atoms with Gasteiger partial charge in [-0.2, -0.15) is 0 Å². The SMILES string of the molecule is CC(=O)NCCC[S@@](=O)[C@@H]1CCc2c(Cl)cc(Cl)cc21. The summed E-state index contributed by atoms with van der Waals surface area (Å²) >= 11 is 12.2. The van der Waals surface area contributed by atoms with Gasteiger partial charge in [-0.15, -0.1) is 0 Å². The van der Waals surface area contributed by atoms with E-state index < -0.39 is 10.8 Å². The van der Waals surface area contributed by atoms with E-state index in [1.165, 1.54) is 6.92 Å².